The Kier molecular flexibility index (Phi) is 5.16. The van der Waals surface area contributed by atoms with E-state index in [-0.39, 0.29) is 5.82 Å². The van der Waals surface area contributed by atoms with Gasteiger partial charge in [-0.25, -0.2) is 4.39 Å². The van der Waals surface area contributed by atoms with Gasteiger partial charge in [0.15, 0.2) is 5.11 Å². The topological polar surface area (TPSA) is 42.5 Å². The molecule has 0 bridgehead atoms. The second-order valence-corrected chi connectivity index (χ2v) is 5.05. The number of nitrogens with one attached hydrogen (secondary N) is 2. The van der Waals surface area contributed by atoms with Crippen molar-refractivity contribution >= 4 is 28.7 Å². The van der Waals surface area contributed by atoms with E-state index in [4.69, 9.17) is 21.7 Å². The van der Waals surface area contributed by atoms with E-state index in [1.807, 2.05) is 0 Å². The molecule has 0 heterocycles. The van der Waals surface area contributed by atoms with Crippen LogP contribution in [0.25, 0.3) is 0 Å². The van der Waals surface area contributed by atoms with Gasteiger partial charge in [-0.1, -0.05) is 6.07 Å². The molecule has 0 fully saturated rings. The number of thiocarbonyl (C=S) groups is 1. The summed E-state index contributed by atoms with van der Waals surface area (Å²) < 4.78 is 23.9. The first-order valence-corrected chi connectivity index (χ1v) is 7.00. The normalized spacial score (nSPS) is 10.0. The number of aryl methyl sites for hydroxylation is 1. The second-order valence-electron chi connectivity index (χ2n) is 4.64. The minimum Gasteiger partial charge on any atom is -0.497 e. The molecule has 2 rings (SSSR count). The Balaban J connectivity index is 2.09. The summed E-state index contributed by atoms with van der Waals surface area (Å²) in [6, 6.07) is 10.2. The number of anilines is 2. The third kappa shape index (κ3) is 4.08. The van der Waals surface area contributed by atoms with Gasteiger partial charge in [0.25, 0.3) is 0 Å². The van der Waals surface area contributed by atoms with Crippen LogP contribution in [-0.2, 0) is 0 Å². The highest BCUT2D eigenvalue weighted by Gasteiger charge is 2.05. The molecule has 0 unspecified atom stereocenters. The van der Waals surface area contributed by atoms with Crippen LogP contribution in [0.4, 0.5) is 15.8 Å². The minimum atomic E-state index is -0.282. The fraction of sp³-hybridized carbons (Fsp3) is 0.188. The number of ether oxygens (including phenoxy) is 2. The first kappa shape index (κ1) is 16.0. The molecule has 6 heteroatoms. The van der Waals surface area contributed by atoms with Gasteiger partial charge in [-0.15, -0.1) is 0 Å². The summed E-state index contributed by atoms with van der Waals surface area (Å²) in [5, 5.41) is 6.29. The fourth-order valence-electron chi connectivity index (χ4n) is 1.84. The third-order valence-corrected chi connectivity index (χ3v) is 3.24. The lowest BCUT2D eigenvalue weighted by molar-refractivity contribution is 0.395. The largest absolute Gasteiger partial charge is 0.497 e. The number of hydrogen-bond donors (Lipinski definition) is 2. The maximum absolute atomic E-state index is 13.5. The molecule has 0 amide bonds. The predicted octanol–water partition coefficient (Wildman–Crippen LogP) is 3.96. The van der Waals surface area contributed by atoms with E-state index in [1.165, 1.54) is 6.07 Å². The van der Waals surface area contributed by atoms with Gasteiger partial charge in [0.05, 0.1) is 14.2 Å². The van der Waals surface area contributed by atoms with Crippen LogP contribution in [0.5, 0.6) is 11.5 Å². The lowest BCUT2D eigenvalue weighted by atomic mass is 10.2. The molecule has 2 aromatic carbocycles. The molecule has 4 nitrogen and oxygen atoms in total. The Bertz CT molecular complexity index is 670. The average Bonchev–Trinajstić information content (AvgIpc) is 2.50. The summed E-state index contributed by atoms with van der Waals surface area (Å²) in [5.41, 5.74) is 1.87. The van der Waals surface area contributed by atoms with E-state index in [9.17, 15) is 4.39 Å². The second kappa shape index (κ2) is 7.09. The van der Waals surface area contributed by atoms with Crippen molar-refractivity contribution in [1.82, 2.24) is 0 Å². The van der Waals surface area contributed by atoms with Crippen molar-refractivity contribution in [1.29, 1.82) is 0 Å². The van der Waals surface area contributed by atoms with Gasteiger partial charge in [0.1, 0.15) is 17.3 Å². The molecule has 2 aromatic rings. The maximum Gasteiger partial charge on any atom is 0.175 e. The molecular weight excluding hydrogens is 303 g/mol. The molecule has 0 aliphatic rings. The highest BCUT2D eigenvalue weighted by molar-refractivity contribution is 7.80. The zero-order valence-electron chi connectivity index (χ0n) is 12.6. The van der Waals surface area contributed by atoms with Crippen LogP contribution >= 0.6 is 12.2 Å². The zero-order valence-corrected chi connectivity index (χ0v) is 13.4. The monoisotopic (exact) mass is 320 g/mol. The highest BCUT2D eigenvalue weighted by atomic mass is 32.1. The maximum atomic E-state index is 13.5. The third-order valence-electron chi connectivity index (χ3n) is 3.04. The van der Waals surface area contributed by atoms with Gasteiger partial charge in [-0.3, -0.25) is 0 Å². The van der Waals surface area contributed by atoms with Crippen molar-refractivity contribution in [2.45, 2.75) is 6.92 Å². The molecule has 0 saturated carbocycles. The molecule has 22 heavy (non-hydrogen) atoms. The van der Waals surface area contributed by atoms with Crippen LogP contribution in [0.3, 0.4) is 0 Å². The number of methoxy groups -OCH3 is 2. The fourth-order valence-corrected chi connectivity index (χ4v) is 2.08. The van der Waals surface area contributed by atoms with Crippen LogP contribution in [0.15, 0.2) is 36.4 Å². The van der Waals surface area contributed by atoms with Gasteiger partial charge >= 0.3 is 0 Å². The number of rotatable bonds is 4. The van der Waals surface area contributed by atoms with Crippen molar-refractivity contribution < 1.29 is 13.9 Å². The molecule has 0 saturated heterocycles. The lowest BCUT2D eigenvalue weighted by Gasteiger charge is -2.13. The Labute approximate surface area is 134 Å². The smallest absolute Gasteiger partial charge is 0.175 e. The molecule has 0 spiro atoms. The Morgan fingerprint density at radius 2 is 1.55 bits per heavy atom. The zero-order chi connectivity index (χ0) is 16.1. The van der Waals surface area contributed by atoms with E-state index >= 15 is 0 Å². The lowest BCUT2D eigenvalue weighted by Crippen LogP contribution is -2.19. The Morgan fingerprint density at radius 1 is 0.955 bits per heavy atom. The Hall–Kier alpha value is -2.34. The molecule has 0 atom stereocenters. The summed E-state index contributed by atoms with van der Waals surface area (Å²) in [4.78, 5) is 0. The van der Waals surface area contributed by atoms with Crippen molar-refractivity contribution in [3.05, 3.63) is 47.8 Å². The van der Waals surface area contributed by atoms with E-state index in [2.05, 4.69) is 10.6 Å². The molecule has 0 aliphatic heterocycles. The molecule has 2 N–H and O–H groups in total. The van der Waals surface area contributed by atoms with Crippen LogP contribution < -0.4 is 20.1 Å². The minimum absolute atomic E-state index is 0.282. The van der Waals surface area contributed by atoms with Crippen LogP contribution in [-0.4, -0.2) is 19.3 Å². The van der Waals surface area contributed by atoms with Crippen molar-refractivity contribution in [2.75, 3.05) is 24.9 Å². The predicted molar refractivity (Wildman–Crippen MR) is 90.5 cm³/mol. The number of hydrogen-bond acceptors (Lipinski definition) is 3. The standard InChI is InChI=1S/C16H17FN2O2S/c1-10-4-5-11(8-15(10)17)18-16(22)19-12-6-13(20-2)9-14(7-12)21-3/h4-9H,1-3H3,(H2,18,19,22). The molecule has 0 aromatic heterocycles. The summed E-state index contributed by atoms with van der Waals surface area (Å²) in [6.45, 7) is 1.71. The SMILES string of the molecule is COc1cc(NC(=S)Nc2ccc(C)c(F)c2)cc(OC)c1. The van der Waals surface area contributed by atoms with Crippen LogP contribution in [0.1, 0.15) is 5.56 Å². The highest BCUT2D eigenvalue weighted by Crippen LogP contribution is 2.26. The Morgan fingerprint density at radius 3 is 2.09 bits per heavy atom. The van der Waals surface area contributed by atoms with Crippen molar-refractivity contribution in [2.24, 2.45) is 0 Å². The summed E-state index contributed by atoms with van der Waals surface area (Å²) in [7, 11) is 3.15. The van der Waals surface area contributed by atoms with E-state index in [0.29, 0.717) is 33.5 Å². The molecule has 116 valence electrons. The van der Waals surface area contributed by atoms with E-state index in [0.717, 1.165) is 0 Å². The van der Waals surface area contributed by atoms with Gasteiger partial charge in [-0.2, -0.15) is 0 Å². The van der Waals surface area contributed by atoms with Crippen LogP contribution in [0, 0.1) is 12.7 Å². The first-order chi connectivity index (χ1) is 10.5. The molecule has 0 aliphatic carbocycles. The molecule has 0 radical (unpaired) electrons. The van der Waals surface area contributed by atoms with E-state index < -0.39 is 0 Å². The summed E-state index contributed by atoms with van der Waals surface area (Å²) in [6.07, 6.45) is 0. The summed E-state index contributed by atoms with van der Waals surface area (Å²) >= 11 is 5.23. The quantitative estimate of drug-likeness (QED) is 0.835. The van der Waals surface area contributed by atoms with Gasteiger partial charge in [0.2, 0.25) is 0 Å². The van der Waals surface area contributed by atoms with Gasteiger partial charge in [-0.05, 0) is 36.8 Å². The van der Waals surface area contributed by atoms with E-state index in [1.54, 1.807) is 51.5 Å². The van der Waals surface area contributed by atoms with Crippen LogP contribution in [0.2, 0.25) is 0 Å². The summed E-state index contributed by atoms with van der Waals surface area (Å²) in [5.74, 6) is 1.01. The average molecular weight is 320 g/mol. The van der Waals surface area contributed by atoms with Gasteiger partial charge < -0.3 is 20.1 Å². The molecular formula is C16H17FN2O2S. The number of halogens is 1. The number of benzene rings is 2. The van der Waals surface area contributed by atoms with Gasteiger partial charge in [0, 0.05) is 29.6 Å². The first-order valence-electron chi connectivity index (χ1n) is 6.59. The van der Waals surface area contributed by atoms with Crippen molar-refractivity contribution in [3.63, 3.8) is 0 Å². The van der Waals surface area contributed by atoms with Crippen molar-refractivity contribution in [3.8, 4) is 11.5 Å².